The third-order valence-electron chi connectivity index (χ3n) is 2.42. The summed E-state index contributed by atoms with van der Waals surface area (Å²) in [5, 5.41) is 3.11. The molecule has 1 atom stereocenters. The molecular weight excluding hydrogens is 211 g/mol. The van der Waals surface area contributed by atoms with E-state index in [0.29, 0.717) is 32.1 Å². The first-order valence-electron chi connectivity index (χ1n) is 5.24. The molecule has 1 saturated heterocycles. The second-order valence-corrected chi connectivity index (χ2v) is 3.68. The molecule has 1 heterocycles. The van der Waals surface area contributed by atoms with Crippen molar-refractivity contribution in [3.05, 3.63) is 24.0 Å². The summed E-state index contributed by atoms with van der Waals surface area (Å²) in [5.74, 6) is -0.333. The molecule has 1 fully saturated rings. The van der Waals surface area contributed by atoms with Crippen LogP contribution in [0.4, 0.5) is 15.8 Å². The van der Waals surface area contributed by atoms with Gasteiger partial charge in [-0.3, -0.25) is 0 Å². The Hall–Kier alpha value is -1.33. The highest BCUT2D eigenvalue weighted by atomic mass is 19.1. The Morgan fingerprint density at radius 3 is 3.00 bits per heavy atom. The highest BCUT2D eigenvalue weighted by Crippen LogP contribution is 2.19. The highest BCUT2D eigenvalue weighted by Gasteiger charge is 2.14. The van der Waals surface area contributed by atoms with Crippen molar-refractivity contribution >= 4 is 11.4 Å². The van der Waals surface area contributed by atoms with Gasteiger partial charge in [0.1, 0.15) is 5.82 Å². The molecule has 1 aromatic rings. The van der Waals surface area contributed by atoms with Crippen LogP contribution in [0, 0.1) is 5.82 Å². The zero-order valence-electron chi connectivity index (χ0n) is 8.91. The molecule has 0 amide bonds. The van der Waals surface area contributed by atoms with E-state index in [4.69, 9.17) is 15.2 Å². The van der Waals surface area contributed by atoms with E-state index >= 15 is 0 Å². The van der Waals surface area contributed by atoms with Gasteiger partial charge in [0.05, 0.1) is 37.3 Å². The minimum atomic E-state index is -0.333. The molecule has 1 aliphatic heterocycles. The summed E-state index contributed by atoms with van der Waals surface area (Å²) < 4.78 is 23.5. The number of benzene rings is 1. The lowest BCUT2D eigenvalue weighted by Gasteiger charge is -2.23. The smallest absolute Gasteiger partial charge is 0.125 e. The normalized spacial score (nSPS) is 20.7. The number of hydrogen-bond donors (Lipinski definition) is 2. The van der Waals surface area contributed by atoms with E-state index in [9.17, 15) is 4.39 Å². The number of halogens is 1. The molecule has 0 aliphatic carbocycles. The van der Waals surface area contributed by atoms with Crippen LogP contribution < -0.4 is 11.1 Å². The number of nitrogens with two attached hydrogens (primary N) is 1. The van der Waals surface area contributed by atoms with E-state index in [1.165, 1.54) is 12.1 Å². The van der Waals surface area contributed by atoms with Gasteiger partial charge >= 0.3 is 0 Å². The topological polar surface area (TPSA) is 56.5 Å². The van der Waals surface area contributed by atoms with Gasteiger partial charge in [-0.1, -0.05) is 0 Å². The standard InChI is InChI=1S/C11H15FN2O2/c12-8-1-2-11(10(13)5-8)14-6-9-7-15-3-4-16-9/h1-2,5,9,14H,3-4,6-7,13H2. The molecule has 5 heteroatoms. The first kappa shape index (κ1) is 11.2. The lowest BCUT2D eigenvalue weighted by Crippen LogP contribution is -2.34. The van der Waals surface area contributed by atoms with E-state index in [1.54, 1.807) is 6.07 Å². The molecule has 4 nitrogen and oxygen atoms in total. The number of ether oxygens (including phenoxy) is 2. The summed E-state index contributed by atoms with van der Waals surface area (Å²) in [7, 11) is 0. The maximum absolute atomic E-state index is 12.8. The van der Waals surface area contributed by atoms with Crippen LogP contribution in [-0.4, -0.2) is 32.5 Å². The molecule has 0 aromatic heterocycles. The largest absolute Gasteiger partial charge is 0.397 e. The van der Waals surface area contributed by atoms with Crippen LogP contribution in [0.3, 0.4) is 0 Å². The molecule has 3 N–H and O–H groups in total. The quantitative estimate of drug-likeness (QED) is 0.761. The molecule has 2 rings (SSSR count). The molecule has 16 heavy (non-hydrogen) atoms. The predicted molar refractivity (Wildman–Crippen MR) is 59.9 cm³/mol. The second-order valence-electron chi connectivity index (χ2n) is 3.68. The fraction of sp³-hybridized carbons (Fsp3) is 0.455. The van der Waals surface area contributed by atoms with Crippen molar-refractivity contribution in [3.63, 3.8) is 0 Å². The average Bonchev–Trinajstić information content (AvgIpc) is 2.29. The molecule has 1 aromatic carbocycles. The lowest BCUT2D eigenvalue weighted by atomic mass is 10.2. The monoisotopic (exact) mass is 226 g/mol. The summed E-state index contributed by atoms with van der Waals surface area (Å²) in [6.07, 6.45) is 0.0261. The fourth-order valence-corrected chi connectivity index (χ4v) is 1.57. The Balaban J connectivity index is 1.88. The van der Waals surface area contributed by atoms with E-state index < -0.39 is 0 Å². The number of hydrogen-bond acceptors (Lipinski definition) is 4. The van der Waals surface area contributed by atoms with Crippen LogP contribution in [0.5, 0.6) is 0 Å². The Labute approximate surface area is 93.5 Å². The molecule has 0 spiro atoms. The van der Waals surface area contributed by atoms with Gasteiger partial charge in [-0.25, -0.2) is 4.39 Å². The SMILES string of the molecule is Nc1cc(F)ccc1NCC1COCCO1. The van der Waals surface area contributed by atoms with E-state index in [-0.39, 0.29) is 11.9 Å². The van der Waals surface area contributed by atoms with Gasteiger partial charge in [0.25, 0.3) is 0 Å². The van der Waals surface area contributed by atoms with E-state index in [1.807, 2.05) is 0 Å². The van der Waals surface area contributed by atoms with Gasteiger partial charge in [-0.2, -0.15) is 0 Å². The summed E-state index contributed by atoms with van der Waals surface area (Å²) in [5.41, 5.74) is 6.78. The minimum absolute atomic E-state index is 0.0261. The second kappa shape index (κ2) is 5.14. The molecule has 1 unspecified atom stereocenters. The van der Waals surface area contributed by atoms with Gasteiger partial charge < -0.3 is 20.5 Å². The molecule has 88 valence electrons. The first-order valence-corrected chi connectivity index (χ1v) is 5.24. The molecule has 0 radical (unpaired) electrons. The van der Waals surface area contributed by atoms with Crippen LogP contribution in [-0.2, 0) is 9.47 Å². The van der Waals surface area contributed by atoms with Crippen molar-refractivity contribution in [2.75, 3.05) is 37.4 Å². The van der Waals surface area contributed by atoms with Crippen LogP contribution in [0.1, 0.15) is 0 Å². The van der Waals surface area contributed by atoms with Gasteiger partial charge in [-0.15, -0.1) is 0 Å². The van der Waals surface area contributed by atoms with Crippen molar-refractivity contribution in [3.8, 4) is 0 Å². The zero-order chi connectivity index (χ0) is 11.4. The van der Waals surface area contributed by atoms with Crippen LogP contribution in [0.25, 0.3) is 0 Å². The summed E-state index contributed by atoms with van der Waals surface area (Å²) in [6, 6.07) is 4.28. The summed E-state index contributed by atoms with van der Waals surface area (Å²) in [4.78, 5) is 0. The first-order chi connectivity index (χ1) is 7.75. The van der Waals surface area contributed by atoms with Crippen LogP contribution in [0.15, 0.2) is 18.2 Å². The number of anilines is 2. The van der Waals surface area contributed by atoms with Crippen molar-refractivity contribution in [2.45, 2.75) is 6.10 Å². The number of rotatable bonds is 3. The van der Waals surface area contributed by atoms with Crippen molar-refractivity contribution in [1.82, 2.24) is 0 Å². The Morgan fingerprint density at radius 2 is 2.31 bits per heavy atom. The van der Waals surface area contributed by atoms with Gasteiger partial charge in [0.2, 0.25) is 0 Å². The van der Waals surface area contributed by atoms with Crippen LogP contribution in [0.2, 0.25) is 0 Å². The maximum atomic E-state index is 12.8. The molecule has 0 saturated carbocycles. The minimum Gasteiger partial charge on any atom is -0.397 e. The number of nitrogens with one attached hydrogen (secondary N) is 1. The predicted octanol–water partition coefficient (Wildman–Crippen LogP) is 1.24. The number of nitrogen functional groups attached to an aromatic ring is 1. The average molecular weight is 226 g/mol. The Morgan fingerprint density at radius 1 is 1.44 bits per heavy atom. The fourth-order valence-electron chi connectivity index (χ4n) is 1.57. The molecule has 0 bridgehead atoms. The zero-order valence-corrected chi connectivity index (χ0v) is 8.91. The maximum Gasteiger partial charge on any atom is 0.125 e. The summed E-state index contributed by atoms with van der Waals surface area (Å²) in [6.45, 7) is 2.45. The Kier molecular flexibility index (Phi) is 3.58. The van der Waals surface area contributed by atoms with Gasteiger partial charge in [0, 0.05) is 6.54 Å². The third kappa shape index (κ3) is 2.84. The van der Waals surface area contributed by atoms with Crippen LogP contribution >= 0.6 is 0 Å². The Bertz CT molecular complexity index is 354. The van der Waals surface area contributed by atoms with E-state index in [2.05, 4.69) is 5.32 Å². The lowest BCUT2D eigenvalue weighted by molar-refractivity contribution is -0.0818. The van der Waals surface area contributed by atoms with Crippen molar-refractivity contribution in [1.29, 1.82) is 0 Å². The highest BCUT2D eigenvalue weighted by molar-refractivity contribution is 5.65. The van der Waals surface area contributed by atoms with E-state index in [0.717, 1.165) is 5.69 Å². The van der Waals surface area contributed by atoms with Gasteiger partial charge in [-0.05, 0) is 18.2 Å². The molecular formula is C11H15FN2O2. The molecule has 1 aliphatic rings. The van der Waals surface area contributed by atoms with Gasteiger partial charge in [0.15, 0.2) is 0 Å². The van der Waals surface area contributed by atoms with Crippen molar-refractivity contribution < 1.29 is 13.9 Å². The van der Waals surface area contributed by atoms with Crippen molar-refractivity contribution in [2.24, 2.45) is 0 Å². The third-order valence-corrected chi connectivity index (χ3v) is 2.42. The summed E-state index contributed by atoms with van der Waals surface area (Å²) >= 11 is 0.